The number of amides is 1. The van der Waals surface area contributed by atoms with Crippen LogP contribution >= 0.6 is 0 Å². The number of rotatable bonds is 5. The molecule has 1 amide bonds. The minimum absolute atomic E-state index is 0.00718. The third-order valence-corrected chi connectivity index (χ3v) is 5.23. The third-order valence-electron chi connectivity index (χ3n) is 5.23. The Labute approximate surface area is 175 Å². The first-order valence-corrected chi connectivity index (χ1v) is 10.1. The third kappa shape index (κ3) is 4.38. The fourth-order valence-corrected chi connectivity index (χ4v) is 3.58. The predicted octanol–water partition coefficient (Wildman–Crippen LogP) is 3.70. The van der Waals surface area contributed by atoms with E-state index in [0.717, 1.165) is 5.69 Å². The van der Waals surface area contributed by atoms with Crippen molar-refractivity contribution in [2.45, 2.75) is 25.9 Å². The van der Waals surface area contributed by atoms with Gasteiger partial charge in [0.15, 0.2) is 5.78 Å². The second kappa shape index (κ2) is 8.86. The highest BCUT2D eigenvalue weighted by atomic mass is 16.5. The smallest absolute Gasteiger partial charge is 0.254 e. The van der Waals surface area contributed by atoms with Gasteiger partial charge in [0, 0.05) is 43.1 Å². The van der Waals surface area contributed by atoms with E-state index in [9.17, 15) is 9.59 Å². The van der Waals surface area contributed by atoms with Crippen molar-refractivity contribution in [2.24, 2.45) is 0 Å². The van der Waals surface area contributed by atoms with Crippen molar-refractivity contribution < 1.29 is 14.3 Å². The fraction of sp³-hybridized carbons (Fsp3) is 0.250. The van der Waals surface area contributed by atoms with Gasteiger partial charge < -0.3 is 9.64 Å². The summed E-state index contributed by atoms with van der Waals surface area (Å²) in [5.41, 5.74) is 2.28. The van der Waals surface area contributed by atoms with Crippen LogP contribution in [0.2, 0.25) is 0 Å². The molecule has 0 saturated carbocycles. The monoisotopic (exact) mass is 401 g/mol. The van der Waals surface area contributed by atoms with E-state index in [1.165, 1.54) is 0 Å². The normalized spacial score (nSPS) is 14.4. The minimum Gasteiger partial charge on any atom is -0.473 e. The van der Waals surface area contributed by atoms with E-state index >= 15 is 0 Å². The van der Waals surface area contributed by atoms with Crippen molar-refractivity contribution in [2.75, 3.05) is 13.1 Å². The Morgan fingerprint density at radius 1 is 0.867 bits per heavy atom. The summed E-state index contributed by atoms with van der Waals surface area (Å²) in [7, 11) is 0. The second-order valence-corrected chi connectivity index (χ2v) is 7.36. The molecule has 2 heterocycles. The Balaban J connectivity index is 1.43. The summed E-state index contributed by atoms with van der Waals surface area (Å²) in [5, 5.41) is 8.05. The lowest BCUT2D eigenvalue weighted by Gasteiger charge is -2.32. The first-order chi connectivity index (χ1) is 14.6. The van der Waals surface area contributed by atoms with Crippen LogP contribution in [0.3, 0.4) is 0 Å². The van der Waals surface area contributed by atoms with E-state index in [1.54, 1.807) is 41.3 Å². The molecule has 30 heavy (non-hydrogen) atoms. The van der Waals surface area contributed by atoms with Gasteiger partial charge in [0.05, 0.1) is 11.3 Å². The van der Waals surface area contributed by atoms with Gasteiger partial charge in [-0.3, -0.25) is 9.59 Å². The van der Waals surface area contributed by atoms with Gasteiger partial charge in [-0.1, -0.05) is 48.5 Å². The van der Waals surface area contributed by atoms with Gasteiger partial charge in [-0.2, -0.15) is 5.10 Å². The average molecular weight is 401 g/mol. The zero-order valence-electron chi connectivity index (χ0n) is 16.8. The quantitative estimate of drug-likeness (QED) is 0.610. The second-order valence-electron chi connectivity index (χ2n) is 7.36. The Hall–Kier alpha value is -3.54. The van der Waals surface area contributed by atoms with Crippen LogP contribution in [0.1, 0.15) is 44.8 Å². The minimum atomic E-state index is -0.143. The molecule has 1 fully saturated rings. The topological polar surface area (TPSA) is 72.4 Å². The summed E-state index contributed by atoms with van der Waals surface area (Å²) < 4.78 is 5.90. The van der Waals surface area contributed by atoms with E-state index in [-0.39, 0.29) is 17.8 Å². The lowest BCUT2D eigenvalue weighted by molar-refractivity contribution is 0.0583. The molecule has 1 aliphatic rings. The number of likely N-dealkylation sites (tertiary alicyclic amines) is 1. The van der Waals surface area contributed by atoms with Gasteiger partial charge >= 0.3 is 0 Å². The molecule has 3 aromatic rings. The summed E-state index contributed by atoms with van der Waals surface area (Å²) >= 11 is 0. The van der Waals surface area contributed by atoms with Crippen LogP contribution in [0.5, 0.6) is 5.88 Å². The highest BCUT2D eigenvalue weighted by Gasteiger charge is 2.27. The lowest BCUT2D eigenvalue weighted by atomic mass is 9.97. The standard InChI is InChI=1S/C24H23N3O3/c1-17-11-12-22(26-25-17)30-19-13-15-27(16-14-19)24(29)21-10-6-5-9-20(21)23(28)18-7-3-2-4-8-18/h2-12,19H,13-16H2,1H3. The summed E-state index contributed by atoms with van der Waals surface area (Å²) in [4.78, 5) is 27.9. The summed E-state index contributed by atoms with van der Waals surface area (Å²) in [6.07, 6.45) is 1.40. The predicted molar refractivity (Wildman–Crippen MR) is 113 cm³/mol. The number of ketones is 1. The summed E-state index contributed by atoms with van der Waals surface area (Å²) in [5.74, 6) is 0.239. The SMILES string of the molecule is Cc1ccc(OC2CCN(C(=O)c3ccccc3C(=O)c3ccccc3)CC2)nn1. The first-order valence-electron chi connectivity index (χ1n) is 10.1. The van der Waals surface area contributed by atoms with E-state index in [0.29, 0.717) is 48.5 Å². The van der Waals surface area contributed by atoms with Crippen molar-refractivity contribution in [1.29, 1.82) is 0 Å². The van der Waals surface area contributed by atoms with E-state index in [4.69, 9.17) is 4.74 Å². The molecule has 0 N–H and O–H groups in total. The zero-order chi connectivity index (χ0) is 20.9. The Kier molecular flexibility index (Phi) is 5.84. The Morgan fingerprint density at radius 3 is 2.20 bits per heavy atom. The van der Waals surface area contributed by atoms with Gasteiger partial charge in [0.2, 0.25) is 5.88 Å². The molecular weight excluding hydrogens is 378 g/mol. The molecule has 0 radical (unpaired) electrons. The van der Waals surface area contributed by atoms with Crippen LogP contribution in [0, 0.1) is 6.92 Å². The maximum absolute atomic E-state index is 13.2. The van der Waals surface area contributed by atoms with Gasteiger partial charge in [0.25, 0.3) is 5.91 Å². The summed E-state index contributed by atoms with van der Waals surface area (Å²) in [6.45, 7) is 3.01. The number of ether oxygens (including phenoxy) is 1. The van der Waals surface area contributed by atoms with Crippen LogP contribution in [-0.2, 0) is 0 Å². The molecule has 6 nitrogen and oxygen atoms in total. The number of hydrogen-bond donors (Lipinski definition) is 0. The molecule has 152 valence electrons. The molecule has 6 heteroatoms. The van der Waals surface area contributed by atoms with Gasteiger partial charge in [-0.25, -0.2) is 0 Å². The maximum Gasteiger partial charge on any atom is 0.254 e. The lowest BCUT2D eigenvalue weighted by Crippen LogP contribution is -2.42. The van der Waals surface area contributed by atoms with E-state index < -0.39 is 0 Å². The molecule has 0 spiro atoms. The number of aromatic nitrogens is 2. The highest BCUT2D eigenvalue weighted by molar-refractivity contribution is 6.15. The van der Waals surface area contributed by atoms with Crippen LogP contribution in [0.25, 0.3) is 0 Å². The molecule has 0 bridgehead atoms. The first kappa shape index (κ1) is 19.8. The number of aryl methyl sites for hydroxylation is 1. The fourth-order valence-electron chi connectivity index (χ4n) is 3.58. The molecular formula is C24H23N3O3. The number of benzene rings is 2. The molecule has 0 atom stereocenters. The van der Waals surface area contributed by atoms with Crippen molar-refractivity contribution in [1.82, 2.24) is 15.1 Å². The summed E-state index contributed by atoms with van der Waals surface area (Å²) in [6, 6.07) is 19.7. The number of piperidine rings is 1. The molecule has 0 unspecified atom stereocenters. The molecule has 0 aliphatic carbocycles. The Morgan fingerprint density at radius 2 is 1.53 bits per heavy atom. The maximum atomic E-state index is 13.2. The van der Waals surface area contributed by atoms with E-state index in [2.05, 4.69) is 10.2 Å². The number of carbonyl (C=O) groups excluding carboxylic acids is 2. The number of nitrogens with zero attached hydrogens (tertiary/aromatic N) is 3. The number of hydrogen-bond acceptors (Lipinski definition) is 5. The molecule has 4 rings (SSSR count). The molecule has 2 aromatic carbocycles. The zero-order valence-corrected chi connectivity index (χ0v) is 16.8. The van der Waals surface area contributed by atoms with Crippen molar-refractivity contribution in [3.8, 4) is 5.88 Å². The van der Waals surface area contributed by atoms with Crippen molar-refractivity contribution in [3.63, 3.8) is 0 Å². The molecule has 1 aliphatic heterocycles. The van der Waals surface area contributed by atoms with Crippen LogP contribution in [0.4, 0.5) is 0 Å². The highest BCUT2D eigenvalue weighted by Crippen LogP contribution is 2.21. The van der Waals surface area contributed by atoms with Gasteiger partial charge in [-0.15, -0.1) is 5.10 Å². The molecule has 1 saturated heterocycles. The Bertz CT molecular complexity index is 1030. The molecule has 1 aromatic heterocycles. The van der Waals surface area contributed by atoms with Gasteiger partial charge in [-0.05, 0) is 19.1 Å². The van der Waals surface area contributed by atoms with E-state index in [1.807, 2.05) is 37.3 Å². The van der Waals surface area contributed by atoms with Gasteiger partial charge in [0.1, 0.15) is 6.10 Å². The van der Waals surface area contributed by atoms with Crippen LogP contribution < -0.4 is 4.74 Å². The largest absolute Gasteiger partial charge is 0.473 e. The van der Waals surface area contributed by atoms with Crippen molar-refractivity contribution >= 4 is 11.7 Å². The average Bonchev–Trinajstić information content (AvgIpc) is 2.81. The van der Waals surface area contributed by atoms with Crippen LogP contribution in [-0.4, -0.2) is 46.0 Å². The van der Waals surface area contributed by atoms with Crippen molar-refractivity contribution in [3.05, 3.63) is 89.1 Å². The number of carbonyl (C=O) groups is 2. The van der Waals surface area contributed by atoms with Crippen LogP contribution in [0.15, 0.2) is 66.7 Å².